The molecular formula is C19H16BrN3O3. The molecule has 26 heavy (non-hydrogen) atoms. The Morgan fingerprint density at radius 1 is 1.31 bits per heavy atom. The van der Waals surface area contributed by atoms with Gasteiger partial charge >= 0.3 is 0 Å². The van der Waals surface area contributed by atoms with E-state index in [1.807, 2.05) is 4.90 Å². The number of nitro groups is 1. The number of nitrogens with one attached hydrogen (secondary N) is 1. The minimum absolute atomic E-state index is 0.00421. The summed E-state index contributed by atoms with van der Waals surface area (Å²) in [7, 11) is 0. The van der Waals surface area contributed by atoms with E-state index in [9.17, 15) is 14.9 Å². The standard InChI is InChI=1S/C19H16BrN3O3/c1-11-6-12-4-5-22(10-16(12)17(20)7-11)19(24)15-9-21-18-8-13(23(25)26)2-3-14(15)18/h2-3,6-9,21H,4-5,10H2,1H3. The summed E-state index contributed by atoms with van der Waals surface area (Å²) in [5, 5.41) is 11.6. The lowest BCUT2D eigenvalue weighted by Gasteiger charge is -2.30. The van der Waals surface area contributed by atoms with Gasteiger partial charge in [0.25, 0.3) is 11.6 Å². The lowest BCUT2D eigenvalue weighted by Crippen LogP contribution is -2.36. The van der Waals surface area contributed by atoms with E-state index >= 15 is 0 Å². The smallest absolute Gasteiger partial charge is 0.271 e. The first-order valence-electron chi connectivity index (χ1n) is 8.27. The maximum Gasteiger partial charge on any atom is 0.271 e. The maximum atomic E-state index is 13.0. The number of aromatic nitrogens is 1. The number of hydrogen-bond acceptors (Lipinski definition) is 3. The van der Waals surface area contributed by atoms with Crippen LogP contribution in [0.3, 0.4) is 0 Å². The highest BCUT2D eigenvalue weighted by atomic mass is 79.9. The molecular weight excluding hydrogens is 398 g/mol. The predicted molar refractivity (Wildman–Crippen MR) is 102 cm³/mol. The Bertz CT molecular complexity index is 1060. The van der Waals surface area contributed by atoms with Crippen LogP contribution < -0.4 is 0 Å². The Morgan fingerprint density at radius 3 is 2.88 bits per heavy atom. The van der Waals surface area contributed by atoms with Crippen LogP contribution in [0.25, 0.3) is 10.9 Å². The average molecular weight is 414 g/mol. The summed E-state index contributed by atoms with van der Waals surface area (Å²) in [5.74, 6) is -0.0665. The number of fused-ring (bicyclic) bond motifs is 2. The van der Waals surface area contributed by atoms with Gasteiger partial charge in [-0.25, -0.2) is 0 Å². The van der Waals surface area contributed by atoms with Gasteiger partial charge in [-0.3, -0.25) is 14.9 Å². The molecule has 0 aliphatic carbocycles. The van der Waals surface area contributed by atoms with Gasteiger partial charge in [0.1, 0.15) is 0 Å². The second kappa shape index (κ2) is 6.25. The van der Waals surface area contributed by atoms with Gasteiger partial charge in [-0.15, -0.1) is 0 Å². The van der Waals surface area contributed by atoms with Crippen molar-refractivity contribution in [2.75, 3.05) is 6.54 Å². The molecule has 0 radical (unpaired) electrons. The van der Waals surface area contributed by atoms with Crippen LogP contribution in [0, 0.1) is 17.0 Å². The third kappa shape index (κ3) is 2.78. The highest BCUT2D eigenvalue weighted by Gasteiger charge is 2.25. The second-order valence-corrected chi connectivity index (χ2v) is 7.40. The number of benzene rings is 2. The maximum absolute atomic E-state index is 13.0. The van der Waals surface area contributed by atoms with E-state index in [1.54, 1.807) is 12.3 Å². The number of aromatic amines is 1. The molecule has 3 aromatic rings. The zero-order chi connectivity index (χ0) is 18.4. The lowest BCUT2D eigenvalue weighted by atomic mass is 9.97. The van der Waals surface area contributed by atoms with E-state index in [4.69, 9.17) is 0 Å². The summed E-state index contributed by atoms with van der Waals surface area (Å²) >= 11 is 3.61. The van der Waals surface area contributed by atoms with E-state index in [0.29, 0.717) is 29.6 Å². The van der Waals surface area contributed by atoms with Crippen molar-refractivity contribution >= 4 is 38.4 Å². The van der Waals surface area contributed by atoms with Gasteiger partial charge < -0.3 is 9.88 Å². The number of halogens is 1. The largest absolute Gasteiger partial charge is 0.360 e. The molecule has 2 heterocycles. The molecule has 0 spiro atoms. The molecule has 1 aliphatic rings. The van der Waals surface area contributed by atoms with E-state index in [1.165, 1.54) is 23.3 Å². The Kier molecular flexibility index (Phi) is 4.03. The summed E-state index contributed by atoms with van der Waals surface area (Å²) < 4.78 is 1.03. The normalized spacial score (nSPS) is 13.7. The number of carbonyl (C=O) groups is 1. The van der Waals surface area contributed by atoms with Crippen LogP contribution in [0.5, 0.6) is 0 Å². The number of non-ortho nitro benzene ring substituents is 1. The molecule has 0 saturated carbocycles. The summed E-state index contributed by atoms with van der Waals surface area (Å²) in [6, 6.07) is 8.76. The monoisotopic (exact) mass is 413 g/mol. The molecule has 0 saturated heterocycles. The molecule has 4 rings (SSSR count). The van der Waals surface area contributed by atoms with Crippen molar-refractivity contribution in [2.24, 2.45) is 0 Å². The van der Waals surface area contributed by atoms with E-state index in [-0.39, 0.29) is 11.6 Å². The van der Waals surface area contributed by atoms with Gasteiger partial charge in [-0.2, -0.15) is 0 Å². The minimum Gasteiger partial charge on any atom is -0.360 e. The van der Waals surface area contributed by atoms with Gasteiger partial charge in [-0.05, 0) is 42.2 Å². The molecule has 132 valence electrons. The first-order chi connectivity index (χ1) is 12.4. The summed E-state index contributed by atoms with van der Waals surface area (Å²) in [4.78, 5) is 28.3. The SMILES string of the molecule is Cc1cc(Br)c2c(c1)CCN(C(=O)c1c[nH]c3cc([N+](=O)[O-])ccc13)C2. The molecule has 2 aromatic carbocycles. The molecule has 0 bridgehead atoms. The molecule has 6 nitrogen and oxygen atoms in total. The van der Waals surface area contributed by atoms with Gasteiger partial charge in [0.05, 0.1) is 16.0 Å². The van der Waals surface area contributed by atoms with Gasteiger partial charge in [0.2, 0.25) is 0 Å². The predicted octanol–water partition coefficient (Wildman–Crippen LogP) is 4.35. The van der Waals surface area contributed by atoms with Crippen LogP contribution in [0.2, 0.25) is 0 Å². The Balaban J connectivity index is 1.66. The number of nitrogens with zero attached hydrogens (tertiary/aromatic N) is 2. The summed E-state index contributed by atoms with van der Waals surface area (Å²) in [6.45, 7) is 3.27. The molecule has 7 heteroatoms. The minimum atomic E-state index is -0.442. The van der Waals surface area contributed by atoms with Crippen LogP contribution in [-0.2, 0) is 13.0 Å². The number of H-pyrrole nitrogens is 1. The Hall–Kier alpha value is -2.67. The van der Waals surface area contributed by atoms with Gasteiger partial charge in [-0.1, -0.05) is 22.0 Å². The third-order valence-corrected chi connectivity index (χ3v) is 5.53. The van der Waals surface area contributed by atoms with Crippen molar-refractivity contribution in [3.05, 3.63) is 73.4 Å². The molecule has 1 amide bonds. The Labute approximate surface area is 158 Å². The number of hydrogen-bond donors (Lipinski definition) is 1. The molecule has 1 aliphatic heterocycles. The van der Waals surface area contributed by atoms with Crippen LogP contribution in [0.15, 0.2) is 41.0 Å². The fraction of sp³-hybridized carbons (Fsp3) is 0.211. The third-order valence-electron chi connectivity index (χ3n) is 4.83. The molecule has 0 atom stereocenters. The van der Waals surface area contributed by atoms with Crippen molar-refractivity contribution in [3.8, 4) is 0 Å². The first-order valence-corrected chi connectivity index (χ1v) is 9.06. The van der Waals surface area contributed by atoms with Crippen molar-refractivity contribution in [3.63, 3.8) is 0 Å². The summed E-state index contributed by atoms with van der Waals surface area (Å²) in [6.07, 6.45) is 2.45. The van der Waals surface area contributed by atoms with Crippen LogP contribution in [0.4, 0.5) is 5.69 Å². The number of rotatable bonds is 2. The number of amides is 1. The highest BCUT2D eigenvalue weighted by molar-refractivity contribution is 9.10. The topological polar surface area (TPSA) is 79.2 Å². The van der Waals surface area contributed by atoms with Gasteiger partial charge in [0, 0.05) is 41.3 Å². The second-order valence-electron chi connectivity index (χ2n) is 6.55. The number of nitro benzene ring substituents is 1. The number of carbonyl (C=O) groups excluding carboxylic acids is 1. The molecule has 1 aromatic heterocycles. The van der Waals surface area contributed by atoms with Crippen LogP contribution in [0.1, 0.15) is 27.0 Å². The van der Waals surface area contributed by atoms with E-state index < -0.39 is 4.92 Å². The molecule has 0 unspecified atom stereocenters. The van der Waals surface area contributed by atoms with Crippen molar-refractivity contribution in [1.29, 1.82) is 0 Å². The van der Waals surface area contributed by atoms with E-state index in [0.717, 1.165) is 16.5 Å². The molecule has 1 N–H and O–H groups in total. The lowest BCUT2D eigenvalue weighted by molar-refractivity contribution is -0.384. The van der Waals surface area contributed by atoms with Crippen molar-refractivity contribution in [1.82, 2.24) is 9.88 Å². The molecule has 0 fully saturated rings. The number of aryl methyl sites for hydroxylation is 1. The average Bonchev–Trinajstić information content (AvgIpc) is 3.03. The highest BCUT2D eigenvalue weighted by Crippen LogP contribution is 2.30. The quantitative estimate of drug-likeness (QED) is 0.500. The fourth-order valence-corrected chi connectivity index (χ4v) is 4.26. The van der Waals surface area contributed by atoms with Crippen LogP contribution >= 0.6 is 15.9 Å². The zero-order valence-corrected chi connectivity index (χ0v) is 15.7. The fourth-order valence-electron chi connectivity index (χ4n) is 3.52. The van der Waals surface area contributed by atoms with Gasteiger partial charge in [0.15, 0.2) is 0 Å². The van der Waals surface area contributed by atoms with Crippen molar-refractivity contribution < 1.29 is 9.72 Å². The first kappa shape index (κ1) is 16.8. The summed E-state index contributed by atoms with van der Waals surface area (Å²) in [5.41, 5.74) is 4.76. The zero-order valence-electron chi connectivity index (χ0n) is 14.1. The Morgan fingerprint density at radius 2 is 2.12 bits per heavy atom. The van der Waals surface area contributed by atoms with E-state index in [2.05, 4.69) is 40.0 Å². The van der Waals surface area contributed by atoms with Crippen LogP contribution in [-0.4, -0.2) is 27.3 Å². The van der Waals surface area contributed by atoms with Crippen molar-refractivity contribution in [2.45, 2.75) is 19.9 Å².